The van der Waals surface area contributed by atoms with Crippen molar-refractivity contribution in [3.8, 4) is 6.07 Å². The summed E-state index contributed by atoms with van der Waals surface area (Å²) in [5.41, 5.74) is 0.775. The zero-order valence-electron chi connectivity index (χ0n) is 9.81. The van der Waals surface area contributed by atoms with Crippen molar-refractivity contribution in [3.63, 3.8) is 0 Å². The first-order valence-corrected chi connectivity index (χ1v) is 5.79. The summed E-state index contributed by atoms with van der Waals surface area (Å²) < 4.78 is 4.92. The van der Waals surface area contributed by atoms with Gasteiger partial charge in [0.15, 0.2) is 0 Å². The maximum absolute atomic E-state index is 11.6. The van der Waals surface area contributed by atoms with Crippen LogP contribution in [0.4, 0.5) is 0 Å². The summed E-state index contributed by atoms with van der Waals surface area (Å²) in [6.45, 7) is 3.76. The normalized spacial score (nSPS) is 13.5. The number of nitrogens with zero attached hydrogens (tertiary/aromatic N) is 1. The zero-order valence-corrected chi connectivity index (χ0v) is 10.6. The number of hydrogen-bond donors (Lipinski definition) is 0. The lowest BCUT2D eigenvalue weighted by Crippen LogP contribution is -2.21. The molecule has 0 saturated heterocycles. The molecule has 4 heteroatoms. The van der Waals surface area contributed by atoms with Crippen LogP contribution >= 0.6 is 11.6 Å². The molecule has 1 aromatic rings. The second-order valence-corrected chi connectivity index (χ2v) is 4.14. The van der Waals surface area contributed by atoms with Crippen molar-refractivity contribution in [2.45, 2.75) is 19.8 Å². The molecule has 0 aromatic heterocycles. The van der Waals surface area contributed by atoms with E-state index in [0.29, 0.717) is 11.6 Å². The zero-order chi connectivity index (χ0) is 12.8. The summed E-state index contributed by atoms with van der Waals surface area (Å²) in [6.07, 6.45) is 0. The van der Waals surface area contributed by atoms with Crippen LogP contribution in [0.25, 0.3) is 0 Å². The number of halogens is 1. The SMILES string of the molecule is CCOC(=O)C(C)C(C#N)c1ccc(Cl)cc1. The molecule has 1 rings (SSSR count). The van der Waals surface area contributed by atoms with Gasteiger partial charge < -0.3 is 4.74 Å². The Hall–Kier alpha value is -1.53. The number of carbonyl (C=O) groups excluding carboxylic acids is 1. The predicted molar refractivity (Wildman–Crippen MR) is 65.6 cm³/mol. The highest BCUT2D eigenvalue weighted by molar-refractivity contribution is 6.30. The maximum Gasteiger partial charge on any atom is 0.310 e. The van der Waals surface area contributed by atoms with E-state index in [1.807, 2.05) is 0 Å². The molecule has 0 aliphatic rings. The number of rotatable bonds is 4. The van der Waals surface area contributed by atoms with E-state index in [4.69, 9.17) is 21.6 Å². The highest BCUT2D eigenvalue weighted by Crippen LogP contribution is 2.26. The molecule has 0 radical (unpaired) electrons. The molecule has 0 amide bonds. The van der Waals surface area contributed by atoms with Crippen LogP contribution in [0.3, 0.4) is 0 Å². The molecule has 2 atom stereocenters. The topological polar surface area (TPSA) is 50.1 Å². The van der Waals surface area contributed by atoms with Crippen molar-refractivity contribution in [1.82, 2.24) is 0 Å². The molecule has 0 bridgehead atoms. The van der Waals surface area contributed by atoms with Crippen LogP contribution in [-0.4, -0.2) is 12.6 Å². The van der Waals surface area contributed by atoms with Gasteiger partial charge in [-0.15, -0.1) is 0 Å². The van der Waals surface area contributed by atoms with Gasteiger partial charge in [-0.05, 0) is 24.6 Å². The van der Waals surface area contributed by atoms with Crippen molar-refractivity contribution < 1.29 is 9.53 Å². The fourth-order valence-corrected chi connectivity index (χ4v) is 1.68. The van der Waals surface area contributed by atoms with Crippen molar-refractivity contribution >= 4 is 17.6 Å². The fraction of sp³-hybridized carbons (Fsp3) is 0.385. The molecule has 0 heterocycles. The number of benzene rings is 1. The largest absolute Gasteiger partial charge is 0.466 e. The number of esters is 1. The lowest BCUT2D eigenvalue weighted by Gasteiger charge is -2.16. The van der Waals surface area contributed by atoms with Crippen LogP contribution in [0.5, 0.6) is 0 Å². The molecule has 3 nitrogen and oxygen atoms in total. The molecular weight excluding hydrogens is 238 g/mol. The lowest BCUT2D eigenvalue weighted by molar-refractivity contribution is -0.147. The average Bonchev–Trinajstić information content (AvgIpc) is 2.32. The summed E-state index contributed by atoms with van der Waals surface area (Å²) >= 11 is 5.78. The van der Waals surface area contributed by atoms with Crippen LogP contribution in [-0.2, 0) is 9.53 Å². The summed E-state index contributed by atoms with van der Waals surface area (Å²) in [6, 6.07) is 9.06. The van der Waals surface area contributed by atoms with Gasteiger partial charge in [0.25, 0.3) is 0 Å². The van der Waals surface area contributed by atoms with E-state index in [0.717, 1.165) is 5.56 Å². The molecule has 17 heavy (non-hydrogen) atoms. The first kappa shape index (κ1) is 13.5. The monoisotopic (exact) mass is 251 g/mol. The van der Waals surface area contributed by atoms with Gasteiger partial charge in [-0.1, -0.05) is 30.7 Å². The van der Waals surface area contributed by atoms with Crippen molar-refractivity contribution in [1.29, 1.82) is 5.26 Å². The van der Waals surface area contributed by atoms with Gasteiger partial charge in [0, 0.05) is 5.02 Å². The molecule has 0 N–H and O–H groups in total. The number of nitriles is 1. The van der Waals surface area contributed by atoms with Gasteiger partial charge in [-0.25, -0.2) is 0 Å². The molecule has 0 spiro atoms. The summed E-state index contributed by atoms with van der Waals surface area (Å²) in [5.74, 6) is -1.35. The van der Waals surface area contributed by atoms with E-state index in [2.05, 4.69) is 6.07 Å². The molecule has 0 saturated carbocycles. The standard InChI is InChI=1S/C13H14ClNO2/c1-3-17-13(16)9(2)12(8-15)10-4-6-11(14)7-5-10/h4-7,9,12H,3H2,1-2H3. The Kier molecular flexibility index (Phi) is 4.99. The van der Waals surface area contributed by atoms with Crippen molar-refractivity contribution in [2.75, 3.05) is 6.61 Å². The molecule has 90 valence electrons. The van der Waals surface area contributed by atoms with Crippen LogP contribution < -0.4 is 0 Å². The minimum atomic E-state index is -0.508. The van der Waals surface area contributed by atoms with E-state index in [9.17, 15) is 4.79 Å². The summed E-state index contributed by atoms with van der Waals surface area (Å²) in [4.78, 5) is 11.6. The van der Waals surface area contributed by atoms with Gasteiger partial charge in [-0.3, -0.25) is 4.79 Å². The molecule has 0 fully saturated rings. The van der Waals surface area contributed by atoms with Crippen LogP contribution in [0, 0.1) is 17.2 Å². The lowest BCUT2D eigenvalue weighted by atomic mass is 9.88. The molecule has 0 aliphatic carbocycles. The number of hydrogen-bond acceptors (Lipinski definition) is 3. The third-order valence-corrected chi connectivity index (χ3v) is 2.78. The van der Waals surface area contributed by atoms with E-state index in [1.165, 1.54) is 0 Å². The molecule has 2 unspecified atom stereocenters. The Morgan fingerprint density at radius 3 is 2.53 bits per heavy atom. The predicted octanol–water partition coefficient (Wildman–Crippen LogP) is 3.15. The third-order valence-electron chi connectivity index (χ3n) is 2.53. The second-order valence-electron chi connectivity index (χ2n) is 3.70. The highest BCUT2D eigenvalue weighted by Gasteiger charge is 2.26. The van der Waals surface area contributed by atoms with E-state index < -0.39 is 11.8 Å². The average molecular weight is 252 g/mol. The van der Waals surface area contributed by atoms with E-state index in [-0.39, 0.29) is 5.97 Å². The molecule has 0 aliphatic heterocycles. The summed E-state index contributed by atoms with van der Waals surface area (Å²) in [5, 5.41) is 9.75. The van der Waals surface area contributed by atoms with Crippen LogP contribution in [0.2, 0.25) is 5.02 Å². The van der Waals surface area contributed by atoms with Gasteiger partial charge in [-0.2, -0.15) is 5.26 Å². The van der Waals surface area contributed by atoms with Gasteiger partial charge in [0.1, 0.15) is 0 Å². The number of carbonyl (C=O) groups is 1. The Labute approximate surface area is 106 Å². The number of ether oxygens (including phenoxy) is 1. The minimum absolute atomic E-state index is 0.321. The van der Waals surface area contributed by atoms with E-state index >= 15 is 0 Å². The molecule has 1 aromatic carbocycles. The van der Waals surface area contributed by atoms with Gasteiger partial charge >= 0.3 is 5.97 Å². The Balaban J connectivity index is 2.88. The smallest absolute Gasteiger partial charge is 0.310 e. The minimum Gasteiger partial charge on any atom is -0.466 e. The summed E-state index contributed by atoms with van der Waals surface area (Å²) in [7, 11) is 0. The first-order valence-electron chi connectivity index (χ1n) is 5.41. The highest BCUT2D eigenvalue weighted by atomic mass is 35.5. The maximum atomic E-state index is 11.6. The van der Waals surface area contributed by atoms with E-state index in [1.54, 1.807) is 38.1 Å². The Bertz CT molecular complexity index is 422. The first-order chi connectivity index (χ1) is 8.10. The van der Waals surface area contributed by atoms with Crippen LogP contribution in [0.15, 0.2) is 24.3 Å². The molecular formula is C13H14ClNO2. The third kappa shape index (κ3) is 3.47. The fourth-order valence-electron chi connectivity index (χ4n) is 1.55. The quantitative estimate of drug-likeness (QED) is 0.773. The Morgan fingerprint density at radius 2 is 2.06 bits per heavy atom. The van der Waals surface area contributed by atoms with Crippen molar-refractivity contribution in [2.24, 2.45) is 5.92 Å². The van der Waals surface area contributed by atoms with Crippen molar-refractivity contribution in [3.05, 3.63) is 34.9 Å². The Morgan fingerprint density at radius 1 is 1.47 bits per heavy atom. The van der Waals surface area contributed by atoms with Gasteiger partial charge in [0.05, 0.1) is 24.5 Å². The second kappa shape index (κ2) is 6.27. The van der Waals surface area contributed by atoms with Gasteiger partial charge in [0.2, 0.25) is 0 Å². The van der Waals surface area contributed by atoms with Crippen LogP contribution in [0.1, 0.15) is 25.3 Å².